The molecule has 1 amide bonds. The van der Waals surface area contributed by atoms with Crippen LogP contribution in [0.1, 0.15) is 279 Å². The van der Waals surface area contributed by atoms with Crippen molar-refractivity contribution in [1.82, 2.24) is 5.32 Å². The minimum Gasteiger partial charge on any atom is -0.462 e. The molecule has 11 nitrogen and oxygen atoms in total. The zero-order chi connectivity index (χ0) is 48.9. The van der Waals surface area contributed by atoms with Gasteiger partial charge in [0, 0.05) is 6.42 Å². The van der Waals surface area contributed by atoms with Gasteiger partial charge in [-0.2, -0.15) is 0 Å². The Labute approximate surface area is 406 Å². The van der Waals surface area contributed by atoms with Crippen molar-refractivity contribution in [3.05, 3.63) is 0 Å². The van der Waals surface area contributed by atoms with Crippen LogP contribution in [0, 0.1) is 11.8 Å². The van der Waals surface area contributed by atoms with Crippen molar-refractivity contribution in [1.29, 1.82) is 0 Å². The maximum atomic E-state index is 13.6. The molecule has 0 aromatic heterocycles. The third-order valence-corrected chi connectivity index (χ3v) is 13.9. The van der Waals surface area contributed by atoms with Crippen LogP contribution in [-0.4, -0.2) is 76.3 Å². The second kappa shape index (κ2) is 46.3. The molecule has 394 valence electrons. The van der Waals surface area contributed by atoms with Crippen LogP contribution >= 0.6 is 7.82 Å². The van der Waals surface area contributed by atoms with Gasteiger partial charge in [0.1, 0.15) is 12.2 Å². The molecule has 0 fully saturated rings. The van der Waals surface area contributed by atoms with Gasteiger partial charge in [-0.25, -0.2) is 4.57 Å². The van der Waals surface area contributed by atoms with E-state index in [0.29, 0.717) is 19.3 Å². The number of nitrogens with one attached hydrogen (secondary N) is 1. The minimum absolute atomic E-state index is 0.0860. The van der Waals surface area contributed by atoms with Crippen LogP contribution in [0.3, 0.4) is 0 Å². The van der Waals surface area contributed by atoms with Crippen molar-refractivity contribution in [2.75, 3.05) is 19.8 Å². The molecule has 0 rings (SSSR count). The average Bonchev–Trinajstić information content (AvgIpc) is 3.27. The number of unbranched alkanes of at least 4 members (excludes halogenated alkanes) is 29. The molecular formula is C54H108NO10P. The highest BCUT2D eigenvalue weighted by molar-refractivity contribution is 7.47. The van der Waals surface area contributed by atoms with Gasteiger partial charge in [0.2, 0.25) is 5.91 Å². The number of amides is 1. The van der Waals surface area contributed by atoms with Gasteiger partial charge in [-0.3, -0.25) is 18.6 Å². The number of phosphoric ester groups is 1. The summed E-state index contributed by atoms with van der Waals surface area (Å²) < 4.78 is 28.6. The molecule has 0 aliphatic carbocycles. The predicted molar refractivity (Wildman–Crippen MR) is 273 cm³/mol. The second-order valence-corrected chi connectivity index (χ2v) is 22.1. The standard InChI is InChI=1S/C54H108NO10P/c1-6-7-8-9-10-11-12-13-14-15-21-26-31-36-41-52(58)51(46-64-66(61,62)63-45-49(57)44-56)55-53(59)43-50(40-35-30-25-20-16-18-23-28-33-38-47(2)3)65-54(60)42-37-32-27-22-17-19-24-29-34-39-48(4)5/h47-52,56-58H,6-46H2,1-5H3,(H,55,59)(H,61,62). The molecule has 0 saturated heterocycles. The lowest BCUT2D eigenvalue weighted by Crippen LogP contribution is -2.47. The van der Waals surface area contributed by atoms with E-state index >= 15 is 0 Å². The molecule has 0 aliphatic heterocycles. The number of carbonyl (C=O) groups excluding carboxylic acids is 2. The largest absolute Gasteiger partial charge is 0.472 e. The van der Waals surface area contributed by atoms with Crippen LogP contribution in [0.5, 0.6) is 0 Å². The molecule has 5 atom stereocenters. The van der Waals surface area contributed by atoms with Crippen LogP contribution in [0.4, 0.5) is 0 Å². The zero-order valence-electron chi connectivity index (χ0n) is 43.6. The minimum atomic E-state index is -4.67. The fourth-order valence-corrected chi connectivity index (χ4v) is 9.37. The first-order valence-corrected chi connectivity index (χ1v) is 29.4. The number of carbonyl (C=O) groups is 2. The Hall–Kier alpha value is -1.07. The first kappa shape index (κ1) is 64.9. The van der Waals surface area contributed by atoms with E-state index in [2.05, 4.69) is 39.9 Å². The Morgan fingerprint density at radius 3 is 1.29 bits per heavy atom. The van der Waals surface area contributed by atoms with E-state index in [0.717, 1.165) is 76.0 Å². The summed E-state index contributed by atoms with van der Waals surface area (Å²) in [5.74, 6) is 0.815. The van der Waals surface area contributed by atoms with Crippen LogP contribution in [-0.2, 0) is 27.9 Å². The normalized spacial score (nSPS) is 14.7. The molecule has 0 aliphatic rings. The SMILES string of the molecule is CCCCCCCCCCCCCCCCC(O)C(COP(=O)(O)OCC(O)CO)NC(=O)CC(CCCCCCCCCCCC(C)C)OC(=O)CCCCCCCCCCCC(C)C. The highest BCUT2D eigenvalue weighted by atomic mass is 31.2. The Bertz CT molecular complexity index is 1130. The summed E-state index contributed by atoms with van der Waals surface area (Å²) >= 11 is 0. The summed E-state index contributed by atoms with van der Waals surface area (Å²) in [7, 11) is -4.67. The highest BCUT2D eigenvalue weighted by Gasteiger charge is 2.29. The van der Waals surface area contributed by atoms with Gasteiger partial charge in [0.25, 0.3) is 0 Å². The fourth-order valence-electron chi connectivity index (χ4n) is 8.58. The molecule has 0 aromatic carbocycles. The lowest BCUT2D eigenvalue weighted by atomic mass is 10.0. The van der Waals surface area contributed by atoms with E-state index in [1.165, 1.54) is 154 Å². The first-order valence-electron chi connectivity index (χ1n) is 27.9. The first-order chi connectivity index (χ1) is 31.8. The number of aliphatic hydroxyl groups excluding tert-OH is 3. The molecule has 0 aromatic rings. The maximum absolute atomic E-state index is 13.6. The van der Waals surface area contributed by atoms with Crippen LogP contribution in [0.2, 0.25) is 0 Å². The predicted octanol–water partition coefficient (Wildman–Crippen LogP) is 14.4. The van der Waals surface area contributed by atoms with Gasteiger partial charge >= 0.3 is 13.8 Å². The topological polar surface area (TPSA) is 172 Å². The van der Waals surface area contributed by atoms with Gasteiger partial charge in [-0.15, -0.1) is 0 Å². The van der Waals surface area contributed by atoms with E-state index < -0.39 is 57.9 Å². The molecule has 0 saturated carbocycles. The van der Waals surface area contributed by atoms with Crippen molar-refractivity contribution >= 4 is 19.7 Å². The van der Waals surface area contributed by atoms with Gasteiger partial charge in [-0.05, 0) is 37.5 Å². The van der Waals surface area contributed by atoms with Gasteiger partial charge in [0.15, 0.2) is 0 Å². The zero-order valence-corrected chi connectivity index (χ0v) is 44.5. The van der Waals surface area contributed by atoms with Crippen LogP contribution < -0.4 is 5.32 Å². The summed E-state index contributed by atoms with van der Waals surface area (Å²) in [5, 5.41) is 32.8. The third kappa shape index (κ3) is 45.4. The van der Waals surface area contributed by atoms with Crippen molar-refractivity contribution in [3.63, 3.8) is 0 Å². The van der Waals surface area contributed by atoms with E-state index in [1.807, 2.05) is 0 Å². The Kier molecular flexibility index (Phi) is 45.6. The Balaban J connectivity index is 5.21. The summed E-state index contributed by atoms with van der Waals surface area (Å²) in [5.41, 5.74) is 0. The second-order valence-electron chi connectivity index (χ2n) is 20.6. The van der Waals surface area contributed by atoms with Crippen LogP contribution in [0.15, 0.2) is 0 Å². The molecule has 0 bridgehead atoms. The summed E-state index contributed by atoms with van der Waals surface area (Å²) in [6.45, 7) is 9.59. The number of esters is 1. The van der Waals surface area contributed by atoms with Gasteiger partial charge in [-0.1, -0.05) is 240 Å². The number of rotatable bonds is 51. The molecule has 5 unspecified atom stereocenters. The summed E-state index contributed by atoms with van der Waals surface area (Å²) in [6, 6.07) is -1.02. The molecule has 12 heteroatoms. The van der Waals surface area contributed by atoms with E-state index in [9.17, 15) is 29.3 Å². The van der Waals surface area contributed by atoms with Crippen molar-refractivity contribution in [3.8, 4) is 0 Å². The van der Waals surface area contributed by atoms with E-state index in [-0.39, 0.29) is 12.4 Å². The number of hydrogen-bond donors (Lipinski definition) is 5. The lowest BCUT2D eigenvalue weighted by molar-refractivity contribution is -0.151. The number of phosphoric acid groups is 1. The monoisotopic (exact) mass is 962 g/mol. The number of aliphatic hydroxyl groups is 3. The Morgan fingerprint density at radius 2 is 0.879 bits per heavy atom. The number of hydrogen-bond acceptors (Lipinski definition) is 9. The Morgan fingerprint density at radius 1 is 0.515 bits per heavy atom. The average molecular weight is 962 g/mol. The molecular weight excluding hydrogens is 854 g/mol. The van der Waals surface area contributed by atoms with E-state index in [1.54, 1.807) is 0 Å². The lowest BCUT2D eigenvalue weighted by Gasteiger charge is -2.26. The maximum Gasteiger partial charge on any atom is 0.472 e. The molecule has 66 heavy (non-hydrogen) atoms. The smallest absolute Gasteiger partial charge is 0.462 e. The van der Waals surface area contributed by atoms with Gasteiger partial charge in [0.05, 0.1) is 38.4 Å². The van der Waals surface area contributed by atoms with E-state index in [4.69, 9.17) is 18.9 Å². The fraction of sp³-hybridized carbons (Fsp3) is 0.963. The third-order valence-electron chi connectivity index (χ3n) is 12.9. The summed E-state index contributed by atoms with van der Waals surface area (Å²) in [4.78, 5) is 37.0. The van der Waals surface area contributed by atoms with Crippen LogP contribution in [0.25, 0.3) is 0 Å². The summed E-state index contributed by atoms with van der Waals surface area (Å²) in [6.07, 6.45) is 38.5. The highest BCUT2D eigenvalue weighted by Crippen LogP contribution is 2.43. The number of ether oxygens (including phenoxy) is 1. The van der Waals surface area contributed by atoms with Crippen molar-refractivity contribution in [2.24, 2.45) is 11.8 Å². The molecule has 0 radical (unpaired) electrons. The van der Waals surface area contributed by atoms with Gasteiger partial charge < -0.3 is 30.3 Å². The molecule has 0 heterocycles. The quantitative estimate of drug-likeness (QED) is 0.0224. The molecule has 0 spiro atoms. The van der Waals surface area contributed by atoms with Crippen molar-refractivity contribution < 1.29 is 48.2 Å². The molecule has 5 N–H and O–H groups in total. The van der Waals surface area contributed by atoms with Crippen molar-refractivity contribution in [2.45, 2.75) is 303 Å².